The van der Waals surface area contributed by atoms with Crippen LogP contribution < -0.4 is 11.1 Å². The molecule has 0 unspecified atom stereocenters. The van der Waals surface area contributed by atoms with E-state index in [1.54, 1.807) is 67.1 Å². The largest absolute Gasteiger partial charge is 0.282 e. The summed E-state index contributed by atoms with van der Waals surface area (Å²) in [5.41, 5.74) is 1.02. The molecule has 0 bridgehead atoms. The Balaban J connectivity index is 1.82. The van der Waals surface area contributed by atoms with Gasteiger partial charge in [-0.15, -0.1) is 0 Å². The van der Waals surface area contributed by atoms with Gasteiger partial charge in [0.2, 0.25) is 0 Å². The molecule has 7 nitrogen and oxygen atoms in total. The van der Waals surface area contributed by atoms with Crippen LogP contribution in [-0.2, 0) is 0 Å². The summed E-state index contributed by atoms with van der Waals surface area (Å²) in [5, 5.41) is 7.77. The van der Waals surface area contributed by atoms with Crippen LogP contribution in [0.5, 0.6) is 0 Å². The molecule has 28 heavy (non-hydrogen) atoms. The Hall–Kier alpha value is -3.71. The van der Waals surface area contributed by atoms with Gasteiger partial charge in [0.25, 0.3) is 11.1 Å². The van der Waals surface area contributed by atoms with Gasteiger partial charge >= 0.3 is 0 Å². The van der Waals surface area contributed by atoms with E-state index >= 15 is 0 Å². The minimum Gasteiger partial charge on any atom is -0.282 e. The standard InChI is InChI=1S/C20H12ClN5O2/c21-14-3-1-2-4-17(14)25-9-6-15-12(19(25)27)11-13-16(23-15)7-10-26(20(13)28)18-5-8-22-24-18/h1-11H,(H,22,24). The zero-order chi connectivity index (χ0) is 19.3. The lowest BCUT2D eigenvalue weighted by Gasteiger charge is -2.10. The normalized spacial score (nSPS) is 11.3. The van der Waals surface area contributed by atoms with Crippen molar-refractivity contribution in [2.75, 3.05) is 0 Å². The molecule has 0 aliphatic heterocycles. The molecular formula is C20H12ClN5O2. The highest BCUT2D eigenvalue weighted by molar-refractivity contribution is 6.32. The van der Waals surface area contributed by atoms with Crippen molar-refractivity contribution in [1.82, 2.24) is 24.3 Å². The van der Waals surface area contributed by atoms with E-state index in [0.717, 1.165) is 0 Å². The number of halogens is 1. The average Bonchev–Trinajstić information content (AvgIpc) is 3.23. The quantitative estimate of drug-likeness (QED) is 0.470. The monoisotopic (exact) mass is 389 g/mol. The molecule has 0 fully saturated rings. The van der Waals surface area contributed by atoms with Crippen molar-refractivity contribution < 1.29 is 0 Å². The summed E-state index contributed by atoms with van der Waals surface area (Å²) in [6.45, 7) is 0. The Labute approximate surface area is 162 Å². The lowest BCUT2D eigenvalue weighted by molar-refractivity contribution is 0.926. The van der Waals surface area contributed by atoms with Gasteiger partial charge in [0.05, 0.1) is 38.7 Å². The number of fused-ring (bicyclic) bond motifs is 2. The number of hydrogen-bond acceptors (Lipinski definition) is 4. The molecule has 0 saturated carbocycles. The molecule has 0 aliphatic carbocycles. The summed E-state index contributed by atoms with van der Waals surface area (Å²) in [7, 11) is 0. The summed E-state index contributed by atoms with van der Waals surface area (Å²) in [6.07, 6.45) is 4.82. The first-order valence-electron chi connectivity index (χ1n) is 8.46. The van der Waals surface area contributed by atoms with Crippen LogP contribution in [0, 0.1) is 0 Å². The van der Waals surface area contributed by atoms with Gasteiger partial charge in [-0.3, -0.25) is 23.8 Å². The Morgan fingerprint density at radius 1 is 0.857 bits per heavy atom. The average molecular weight is 390 g/mol. The molecule has 1 aromatic carbocycles. The third-order valence-corrected chi connectivity index (χ3v) is 4.92. The molecule has 5 rings (SSSR count). The number of benzene rings is 1. The van der Waals surface area contributed by atoms with Crippen LogP contribution >= 0.6 is 11.6 Å². The molecule has 4 aromatic heterocycles. The molecule has 0 amide bonds. The van der Waals surface area contributed by atoms with E-state index in [1.165, 1.54) is 9.13 Å². The number of para-hydroxylation sites is 1. The maximum atomic E-state index is 13.1. The summed E-state index contributed by atoms with van der Waals surface area (Å²) in [4.78, 5) is 30.5. The van der Waals surface area contributed by atoms with Crippen molar-refractivity contribution in [1.29, 1.82) is 0 Å². The Morgan fingerprint density at radius 3 is 2.21 bits per heavy atom. The third kappa shape index (κ3) is 2.44. The number of aromatic nitrogens is 5. The fourth-order valence-corrected chi connectivity index (χ4v) is 3.46. The highest BCUT2D eigenvalue weighted by atomic mass is 35.5. The second-order valence-electron chi connectivity index (χ2n) is 6.23. The number of nitrogens with zero attached hydrogens (tertiary/aromatic N) is 4. The van der Waals surface area contributed by atoms with Crippen LogP contribution in [0.1, 0.15) is 0 Å². The van der Waals surface area contributed by atoms with Crippen molar-refractivity contribution in [2.45, 2.75) is 0 Å². The Kier molecular flexibility index (Phi) is 3.63. The first-order chi connectivity index (χ1) is 13.6. The highest BCUT2D eigenvalue weighted by Crippen LogP contribution is 2.20. The number of H-pyrrole nitrogens is 1. The van der Waals surface area contributed by atoms with E-state index < -0.39 is 0 Å². The maximum absolute atomic E-state index is 13.1. The molecule has 136 valence electrons. The molecule has 0 radical (unpaired) electrons. The van der Waals surface area contributed by atoms with E-state index in [0.29, 0.717) is 38.3 Å². The molecule has 8 heteroatoms. The molecule has 0 spiro atoms. The first-order valence-corrected chi connectivity index (χ1v) is 8.84. The molecular weight excluding hydrogens is 378 g/mol. The number of nitrogens with one attached hydrogen (secondary N) is 1. The smallest absolute Gasteiger partial charge is 0.265 e. The first kappa shape index (κ1) is 16.5. The van der Waals surface area contributed by atoms with Gasteiger partial charge in [-0.2, -0.15) is 5.10 Å². The Morgan fingerprint density at radius 2 is 1.54 bits per heavy atom. The molecule has 0 saturated heterocycles. The fraction of sp³-hybridized carbons (Fsp3) is 0. The molecule has 5 aromatic rings. The van der Waals surface area contributed by atoms with Crippen molar-refractivity contribution in [3.8, 4) is 11.5 Å². The van der Waals surface area contributed by atoms with E-state index in [2.05, 4.69) is 15.2 Å². The predicted octanol–water partition coefficient (Wildman–Crippen LogP) is 3.07. The van der Waals surface area contributed by atoms with Crippen molar-refractivity contribution >= 4 is 33.4 Å². The molecule has 0 atom stereocenters. The minimum absolute atomic E-state index is 0.288. The van der Waals surface area contributed by atoms with Gasteiger partial charge in [0.15, 0.2) is 0 Å². The van der Waals surface area contributed by atoms with Crippen molar-refractivity contribution in [2.24, 2.45) is 0 Å². The maximum Gasteiger partial charge on any atom is 0.265 e. The molecule has 0 aliphatic rings. The van der Waals surface area contributed by atoms with Crippen LogP contribution in [-0.4, -0.2) is 24.3 Å². The van der Waals surface area contributed by atoms with Gasteiger partial charge in [-0.1, -0.05) is 23.7 Å². The van der Waals surface area contributed by atoms with Crippen molar-refractivity contribution in [3.63, 3.8) is 0 Å². The lowest BCUT2D eigenvalue weighted by atomic mass is 10.2. The van der Waals surface area contributed by atoms with Gasteiger partial charge < -0.3 is 0 Å². The zero-order valence-electron chi connectivity index (χ0n) is 14.3. The topological polar surface area (TPSA) is 85.6 Å². The van der Waals surface area contributed by atoms with E-state index in [1.807, 2.05) is 0 Å². The van der Waals surface area contributed by atoms with Crippen LogP contribution in [0.4, 0.5) is 0 Å². The van der Waals surface area contributed by atoms with Crippen LogP contribution in [0.2, 0.25) is 5.02 Å². The van der Waals surface area contributed by atoms with Crippen molar-refractivity contribution in [3.05, 3.63) is 92.9 Å². The van der Waals surface area contributed by atoms with Gasteiger partial charge in [-0.05, 0) is 30.3 Å². The number of aromatic amines is 1. The van der Waals surface area contributed by atoms with E-state index in [9.17, 15) is 9.59 Å². The minimum atomic E-state index is -0.295. The lowest BCUT2D eigenvalue weighted by Crippen LogP contribution is -2.21. The number of rotatable bonds is 2. The summed E-state index contributed by atoms with van der Waals surface area (Å²) < 4.78 is 2.88. The second-order valence-corrected chi connectivity index (χ2v) is 6.64. The van der Waals surface area contributed by atoms with E-state index in [-0.39, 0.29) is 11.1 Å². The fourth-order valence-electron chi connectivity index (χ4n) is 3.23. The molecule has 1 N–H and O–H groups in total. The summed E-state index contributed by atoms with van der Waals surface area (Å²) in [6, 6.07) is 13.8. The summed E-state index contributed by atoms with van der Waals surface area (Å²) in [5.74, 6) is 0.536. The number of pyridine rings is 3. The highest BCUT2D eigenvalue weighted by Gasteiger charge is 2.12. The number of hydrogen-bond donors (Lipinski definition) is 1. The third-order valence-electron chi connectivity index (χ3n) is 4.60. The van der Waals surface area contributed by atoms with Crippen LogP contribution in [0.15, 0.2) is 76.7 Å². The van der Waals surface area contributed by atoms with Gasteiger partial charge in [0.1, 0.15) is 5.82 Å². The second kappa shape index (κ2) is 6.17. The molecule has 4 heterocycles. The van der Waals surface area contributed by atoms with E-state index in [4.69, 9.17) is 11.6 Å². The van der Waals surface area contributed by atoms with Crippen LogP contribution in [0.25, 0.3) is 33.3 Å². The Bertz CT molecular complexity index is 1470. The van der Waals surface area contributed by atoms with Crippen LogP contribution in [0.3, 0.4) is 0 Å². The SMILES string of the molecule is O=c1c2cc3c(=O)n(-c4ccccc4Cl)ccc3nc2ccn1-c1ccn[nH]1. The summed E-state index contributed by atoms with van der Waals surface area (Å²) >= 11 is 6.24. The van der Waals surface area contributed by atoms with Gasteiger partial charge in [0, 0.05) is 18.5 Å². The predicted molar refractivity (Wildman–Crippen MR) is 108 cm³/mol. The van der Waals surface area contributed by atoms with Gasteiger partial charge in [-0.25, -0.2) is 4.98 Å². The zero-order valence-corrected chi connectivity index (χ0v) is 15.1.